The Morgan fingerprint density at radius 1 is 1.16 bits per heavy atom. The average molecular weight is 403 g/mol. The Morgan fingerprint density at radius 2 is 1.88 bits per heavy atom. The second-order valence-electron chi connectivity index (χ2n) is 5.66. The number of para-hydroxylation sites is 1. The van der Waals surface area contributed by atoms with E-state index in [9.17, 15) is 14.4 Å². The number of carbonyl (C=O) groups is 1. The number of anilines is 2. The highest BCUT2D eigenvalue weighted by molar-refractivity contribution is 9.10. The molecule has 3 rings (SSSR count). The summed E-state index contributed by atoms with van der Waals surface area (Å²) in [5.41, 5.74) is 1.66. The van der Waals surface area contributed by atoms with E-state index >= 15 is 0 Å². The van der Waals surface area contributed by atoms with Crippen molar-refractivity contribution in [2.24, 2.45) is 0 Å². The van der Waals surface area contributed by atoms with Crippen molar-refractivity contribution >= 4 is 33.3 Å². The van der Waals surface area contributed by atoms with E-state index in [2.05, 4.69) is 32.2 Å². The molecule has 128 valence electrons. The summed E-state index contributed by atoms with van der Waals surface area (Å²) in [5.74, 6) is -0.482. The monoisotopic (exact) mass is 402 g/mol. The maximum absolute atomic E-state index is 13.8. The van der Waals surface area contributed by atoms with Crippen molar-refractivity contribution in [2.45, 2.75) is 0 Å². The molecule has 1 N–H and O–H groups in total. The molecule has 0 aliphatic carbocycles. The lowest BCUT2D eigenvalue weighted by Crippen LogP contribution is -2.50. The SMILES string of the molecule is N#Cc1ccccc1N1CCN(C(=O)Nc2ccc(Br)cc2F)CC1. The molecule has 1 heterocycles. The van der Waals surface area contributed by atoms with E-state index in [1.807, 2.05) is 18.2 Å². The van der Waals surface area contributed by atoms with E-state index in [-0.39, 0.29) is 11.7 Å². The summed E-state index contributed by atoms with van der Waals surface area (Å²) in [6, 6.07) is 13.8. The Kier molecular flexibility index (Phi) is 5.19. The van der Waals surface area contributed by atoms with Crippen LogP contribution < -0.4 is 10.2 Å². The van der Waals surface area contributed by atoms with Gasteiger partial charge in [-0.05, 0) is 30.3 Å². The summed E-state index contributed by atoms with van der Waals surface area (Å²) in [5, 5.41) is 11.8. The second kappa shape index (κ2) is 7.53. The standard InChI is InChI=1S/C18H16BrFN4O/c19-14-5-6-16(15(20)11-14)22-18(25)24-9-7-23(8-10-24)17-4-2-1-3-13(17)12-21/h1-6,11H,7-10H2,(H,22,25). The first-order chi connectivity index (χ1) is 12.1. The second-order valence-corrected chi connectivity index (χ2v) is 6.57. The van der Waals surface area contributed by atoms with Crippen molar-refractivity contribution in [2.75, 3.05) is 36.4 Å². The normalized spacial score (nSPS) is 14.1. The molecule has 0 atom stereocenters. The van der Waals surface area contributed by atoms with Gasteiger partial charge >= 0.3 is 6.03 Å². The Bertz CT molecular complexity index is 828. The molecule has 0 saturated carbocycles. The molecule has 7 heteroatoms. The highest BCUT2D eigenvalue weighted by Crippen LogP contribution is 2.22. The number of benzene rings is 2. The molecule has 5 nitrogen and oxygen atoms in total. The number of nitriles is 1. The van der Waals surface area contributed by atoms with E-state index in [1.165, 1.54) is 12.1 Å². The molecular weight excluding hydrogens is 387 g/mol. The van der Waals surface area contributed by atoms with Gasteiger partial charge in [-0.25, -0.2) is 9.18 Å². The van der Waals surface area contributed by atoms with Crippen LogP contribution in [-0.2, 0) is 0 Å². The molecule has 0 unspecified atom stereocenters. The summed E-state index contributed by atoms with van der Waals surface area (Å²) in [6.07, 6.45) is 0. The van der Waals surface area contributed by atoms with Gasteiger partial charge in [0.1, 0.15) is 11.9 Å². The minimum Gasteiger partial charge on any atom is -0.367 e. The zero-order valence-corrected chi connectivity index (χ0v) is 15.0. The smallest absolute Gasteiger partial charge is 0.322 e. The number of nitrogens with zero attached hydrogens (tertiary/aromatic N) is 3. The third kappa shape index (κ3) is 3.91. The fraction of sp³-hybridized carbons (Fsp3) is 0.222. The highest BCUT2D eigenvalue weighted by Gasteiger charge is 2.23. The Morgan fingerprint density at radius 3 is 2.56 bits per heavy atom. The molecule has 0 aromatic heterocycles. The molecule has 2 aromatic rings. The van der Waals surface area contributed by atoms with Gasteiger partial charge in [-0.3, -0.25) is 0 Å². The van der Waals surface area contributed by atoms with Crippen LogP contribution in [0, 0.1) is 17.1 Å². The van der Waals surface area contributed by atoms with Crippen molar-refractivity contribution in [3.63, 3.8) is 0 Å². The van der Waals surface area contributed by atoms with Crippen molar-refractivity contribution in [1.82, 2.24) is 4.90 Å². The Balaban J connectivity index is 1.62. The van der Waals surface area contributed by atoms with Gasteiger partial charge in [0.05, 0.1) is 16.9 Å². The van der Waals surface area contributed by atoms with Crippen LogP contribution in [0.4, 0.5) is 20.6 Å². The zero-order valence-electron chi connectivity index (χ0n) is 13.4. The van der Waals surface area contributed by atoms with Gasteiger partial charge in [0.2, 0.25) is 0 Å². The topological polar surface area (TPSA) is 59.4 Å². The molecule has 0 spiro atoms. The van der Waals surface area contributed by atoms with Crippen LogP contribution in [0.5, 0.6) is 0 Å². The first kappa shape index (κ1) is 17.2. The van der Waals surface area contributed by atoms with Crippen LogP contribution in [0.3, 0.4) is 0 Å². The van der Waals surface area contributed by atoms with Gasteiger partial charge in [-0.2, -0.15) is 5.26 Å². The summed E-state index contributed by atoms with van der Waals surface area (Å²) in [4.78, 5) is 16.1. The summed E-state index contributed by atoms with van der Waals surface area (Å²) in [6.45, 7) is 2.25. The van der Waals surface area contributed by atoms with Crippen molar-refractivity contribution in [1.29, 1.82) is 5.26 Å². The molecule has 0 bridgehead atoms. The van der Waals surface area contributed by atoms with Crippen molar-refractivity contribution in [3.05, 3.63) is 58.3 Å². The fourth-order valence-corrected chi connectivity index (χ4v) is 3.11. The van der Waals surface area contributed by atoms with Gasteiger partial charge in [0.15, 0.2) is 0 Å². The quantitative estimate of drug-likeness (QED) is 0.830. The van der Waals surface area contributed by atoms with E-state index in [4.69, 9.17) is 0 Å². The zero-order chi connectivity index (χ0) is 17.8. The van der Waals surface area contributed by atoms with E-state index in [0.29, 0.717) is 36.2 Å². The molecule has 1 aliphatic rings. The average Bonchev–Trinajstić information content (AvgIpc) is 2.64. The fourth-order valence-electron chi connectivity index (χ4n) is 2.78. The maximum Gasteiger partial charge on any atom is 0.322 e. The maximum atomic E-state index is 13.8. The molecule has 1 aliphatic heterocycles. The number of nitrogens with one attached hydrogen (secondary N) is 1. The number of urea groups is 1. The Labute approximate surface area is 153 Å². The predicted octanol–water partition coefficient (Wildman–Crippen LogP) is 3.81. The van der Waals surface area contributed by atoms with Gasteiger partial charge in [-0.15, -0.1) is 0 Å². The lowest BCUT2D eigenvalue weighted by atomic mass is 10.1. The van der Waals surface area contributed by atoms with Crippen molar-refractivity contribution in [3.8, 4) is 6.07 Å². The minimum absolute atomic E-state index is 0.158. The first-order valence-electron chi connectivity index (χ1n) is 7.83. The molecule has 1 fully saturated rings. The number of hydrogen-bond donors (Lipinski definition) is 1. The number of piperazine rings is 1. The highest BCUT2D eigenvalue weighted by atomic mass is 79.9. The minimum atomic E-state index is -0.482. The predicted molar refractivity (Wildman–Crippen MR) is 98.1 cm³/mol. The van der Waals surface area contributed by atoms with Gasteiger partial charge in [-0.1, -0.05) is 28.1 Å². The third-order valence-corrected chi connectivity index (χ3v) is 4.60. The van der Waals surface area contributed by atoms with Crippen LogP contribution in [0.1, 0.15) is 5.56 Å². The van der Waals surface area contributed by atoms with Crippen LogP contribution in [0.2, 0.25) is 0 Å². The largest absolute Gasteiger partial charge is 0.367 e. The van der Waals surface area contributed by atoms with Crippen LogP contribution in [0.25, 0.3) is 0 Å². The van der Waals surface area contributed by atoms with E-state index in [1.54, 1.807) is 17.0 Å². The van der Waals surface area contributed by atoms with Crippen molar-refractivity contribution < 1.29 is 9.18 Å². The van der Waals surface area contributed by atoms with Gasteiger partial charge in [0.25, 0.3) is 0 Å². The summed E-state index contributed by atoms with van der Waals surface area (Å²) < 4.78 is 14.5. The van der Waals surface area contributed by atoms with E-state index in [0.717, 1.165) is 5.69 Å². The number of amides is 2. The van der Waals surface area contributed by atoms with E-state index < -0.39 is 5.82 Å². The third-order valence-electron chi connectivity index (χ3n) is 4.10. The van der Waals surface area contributed by atoms with Crippen LogP contribution >= 0.6 is 15.9 Å². The lowest BCUT2D eigenvalue weighted by Gasteiger charge is -2.36. The molecular formula is C18H16BrFN4O. The summed E-state index contributed by atoms with van der Waals surface area (Å²) in [7, 11) is 0. The number of rotatable bonds is 2. The lowest BCUT2D eigenvalue weighted by molar-refractivity contribution is 0.208. The first-order valence-corrected chi connectivity index (χ1v) is 8.63. The van der Waals surface area contributed by atoms with Crippen LogP contribution in [0.15, 0.2) is 46.9 Å². The van der Waals surface area contributed by atoms with Gasteiger partial charge < -0.3 is 15.1 Å². The molecule has 0 radical (unpaired) electrons. The molecule has 2 amide bonds. The number of halogens is 2. The molecule has 25 heavy (non-hydrogen) atoms. The van der Waals surface area contributed by atoms with Crippen LogP contribution in [-0.4, -0.2) is 37.1 Å². The summed E-state index contributed by atoms with van der Waals surface area (Å²) >= 11 is 3.19. The number of hydrogen-bond acceptors (Lipinski definition) is 3. The molecule has 2 aromatic carbocycles. The number of carbonyl (C=O) groups excluding carboxylic acids is 1. The molecule has 1 saturated heterocycles. The Hall–Kier alpha value is -2.59. The van der Waals surface area contributed by atoms with Gasteiger partial charge in [0, 0.05) is 30.7 Å².